The number of hydrogen-bond acceptors (Lipinski definition) is 10. The third-order valence-electron chi connectivity index (χ3n) is 14.1. The molecule has 1 aliphatic carbocycles. The minimum Gasteiger partial charge on any atom is -0.385 e. The van der Waals surface area contributed by atoms with Crippen molar-refractivity contribution in [2.45, 2.75) is 70.1 Å². The molecule has 4 aliphatic heterocycles. The number of nitrogens with zero attached hydrogens (tertiary/aromatic N) is 8. The van der Waals surface area contributed by atoms with E-state index >= 15 is 8.78 Å². The first kappa shape index (κ1) is 43.0. The largest absolute Gasteiger partial charge is 0.385 e. The van der Waals surface area contributed by atoms with Gasteiger partial charge in [-0.05, 0) is 86.4 Å². The van der Waals surface area contributed by atoms with Gasteiger partial charge in [0.05, 0.1) is 52.4 Å². The van der Waals surface area contributed by atoms with Crippen molar-refractivity contribution in [2.75, 3.05) is 75.1 Å². The van der Waals surface area contributed by atoms with Crippen molar-refractivity contribution < 1.29 is 27.9 Å². The number of piperidine rings is 1. The molecular weight excluding hydrogens is 856 g/mol. The van der Waals surface area contributed by atoms with Crippen LogP contribution in [0.5, 0.6) is 0 Å². The molecule has 1 spiro atoms. The number of benzene rings is 2. The normalized spacial score (nSPS) is 21.4. The molecule has 3 N–H and O–H groups in total. The SMILES string of the molecule is CNc1cc(N2CCc3c(-c4ccc(CN5CC6(CCN(C(=O)c7cc(C)c(Cl)c(N8CCCNC8=O)c7)CC6(F)F)C5)cn4)cccc32)nn2c(C(=O)N[C@@H]3CCC[C@H]3OC)cnc12. The molecule has 1 saturated carbocycles. The third kappa shape index (κ3) is 7.60. The van der Waals surface area contributed by atoms with E-state index in [-0.39, 0.29) is 55.7 Å². The smallest absolute Gasteiger partial charge is 0.321 e. The van der Waals surface area contributed by atoms with Crippen molar-refractivity contribution in [3.63, 3.8) is 0 Å². The fraction of sp³-hybridized carbons (Fsp3) is 0.447. The fourth-order valence-corrected chi connectivity index (χ4v) is 10.7. The number of anilines is 4. The topological polar surface area (TPSA) is 153 Å². The van der Waals surface area contributed by atoms with E-state index in [1.807, 2.05) is 42.4 Å². The fourth-order valence-electron chi connectivity index (χ4n) is 10.5. The van der Waals surface area contributed by atoms with Crippen LogP contribution in [-0.4, -0.2) is 125 Å². The number of ether oxygens (including phenoxy) is 1. The summed E-state index contributed by atoms with van der Waals surface area (Å²) in [5, 5.41) is 14.5. The highest BCUT2D eigenvalue weighted by atomic mass is 35.5. The molecule has 340 valence electrons. The van der Waals surface area contributed by atoms with Crippen LogP contribution < -0.4 is 25.8 Å². The molecule has 7 heterocycles. The Morgan fingerprint density at radius 3 is 2.58 bits per heavy atom. The Morgan fingerprint density at radius 2 is 1.83 bits per heavy atom. The first-order chi connectivity index (χ1) is 31.4. The number of aromatic nitrogens is 4. The van der Waals surface area contributed by atoms with E-state index in [0.29, 0.717) is 59.6 Å². The number of urea groups is 1. The molecule has 0 bridgehead atoms. The van der Waals surface area contributed by atoms with Gasteiger partial charge < -0.3 is 30.5 Å². The van der Waals surface area contributed by atoms with E-state index < -0.39 is 23.8 Å². The molecular formula is C47H52ClF2N11O4. The number of carbonyl (C=O) groups is 3. The van der Waals surface area contributed by atoms with Crippen LogP contribution in [0, 0.1) is 12.3 Å². The highest BCUT2D eigenvalue weighted by Crippen LogP contribution is 2.51. The summed E-state index contributed by atoms with van der Waals surface area (Å²) in [6, 6.07) is 14.9. The monoisotopic (exact) mass is 907 g/mol. The van der Waals surface area contributed by atoms with Gasteiger partial charge in [-0.1, -0.05) is 29.8 Å². The minimum atomic E-state index is -3.09. The number of hydrogen-bond donors (Lipinski definition) is 3. The molecule has 3 aromatic heterocycles. The lowest BCUT2D eigenvalue weighted by atomic mass is 9.69. The van der Waals surface area contributed by atoms with E-state index in [1.165, 1.54) is 9.80 Å². The summed E-state index contributed by atoms with van der Waals surface area (Å²) in [6.45, 7) is 3.87. The zero-order valence-corrected chi connectivity index (χ0v) is 37.4. The van der Waals surface area contributed by atoms with Gasteiger partial charge in [-0.2, -0.15) is 0 Å². The number of halogens is 3. The number of alkyl halides is 2. The van der Waals surface area contributed by atoms with Gasteiger partial charge in [-0.15, -0.1) is 5.10 Å². The lowest BCUT2D eigenvalue weighted by Gasteiger charge is -2.57. The number of nitrogens with one attached hydrogen (secondary N) is 3. The van der Waals surface area contributed by atoms with Crippen LogP contribution in [0.3, 0.4) is 0 Å². The van der Waals surface area contributed by atoms with Crippen molar-refractivity contribution in [2.24, 2.45) is 5.41 Å². The van der Waals surface area contributed by atoms with Crippen LogP contribution in [0.2, 0.25) is 5.02 Å². The molecule has 18 heteroatoms. The molecule has 4 fully saturated rings. The maximum atomic E-state index is 16.1. The summed E-state index contributed by atoms with van der Waals surface area (Å²) in [5.74, 6) is -3.16. The van der Waals surface area contributed by atoms with Crippen molar-refractivity contribution in [1.82, 2.24) is 40.0 Å². The number of methoxy groups -OCH3 is 1. The van der Waals surface area contributed by atoms with Gasteiger partial charge in [0, 0.05) is 89.0 Å². The minimum absolute atomic E-state index is 0.0181. The summed E-state index contributed by atoms with van der Waals surface area (Å²) in [4.78, 5) is 56.1. The van der Waals surface area contributed by atoms with E-state index in [9.17, 15) is 14.4 Å². The van der Waals surface area contributed by atoms with Crippen molar-refractivity contribution in [3.05, 3.63) is 93.9 Å². The molecule has 3 saturated heterocycles. The van der Waals surface area contributed by atoms with Gasteiger partial charge in [0.25, 0.3) is 17.7 Å². The zero-order chi connectivity index (χ0) is 45.2. The lowest BCUT2D eigenvalue weighted by Crippen LogP contribution is -2.70. The third-order valence-corrected chi connectivity index (χ3v) is 14.5. The van der Waals surface area contributed by atoms with Crippen LogP contribution in [0.4, 0.5) is 36.5 Å². The maximum Gasteiger partial charge on any atom is 0.321 e. The summed E-state index contributed by atoms with van der Waals surface area (Å²) in [6.07, 6.45) is 7.78. The van der Waals surface area contributed by atoms with Gasteiger partial charge in [0.15, 0.2) is 17.2 Å². The van der Waals surface area contributed by atoms with Gasteiger partial charge in [-0.3, -0.25) is 24.4 Å². The Bertz CT molecular complexity index is 2690. The van der Waals surface area contributed by atoms with Gasteiger partial charge in [-0.25, -0.2) is 23.1 Å². The number of imidazole rings is 1. The number of fused-ring (bicyclic) bond motifs is 2. The van der Waals surface area contributed by atoms with E-state index in [2.05, 4.69) is 38.0 Å². The summed E-state index contributed by atoms with van der Waals surface area (Å²) in [7, 11) is 3.50. The van der Waals surface area contributed by atoms with Gasteiger partial charge in [0.1, 0.15) is 0 Å². The Hall–Kier alpha value is -5.91. The van der Waals surface area contributed by atoms with Crippen LogP contribution in [-0.2, 0) is 17.7 Å². The second-order valence-electron chi connectivity index (χ2n) is 18.1. The lowest BCUT2D eigenvalue weighted by molar-refractivity contribution is -0.220. The van der Waals surface area contributed by atoms with E-state index in [4.69, 9.17) is 26.4 Å². The second kappa shape index (κ2) is 16.8. The molecule has 65 heavy (non-hydrogen) atoms. The number of likely N-dealkylation sites (tertiary alicyclic amines) is 2. The average molecular weight is 908 g/mol. The first-order valence-electron chi connectivity index (χ1n) is 22.4. The number of aryl methyl sites for hydroxylation is 1. The maximum absolute atomic E-state index is 16.1. The van der Waals surface area contributed by atoms with Crippen LogP contribution in [0.25, 0.3) is 16.9 Å². The number of amides is 4. The molecule has 10 rings (SSSR count). The average Bonchev–Trinajstić information content (AvgIpc) is 4.06. The number of rotatable bonds is 10. The highest BCUT2D eigenvalue weighted by Gasteiger charge is 2.62. The Balaban J connectivity index is 0.795. The highest BCUT2D eigenvalue weighted by molar-refractivity contribution is 6.34. The molecule has 5 aromatic rings. The van der Waals surface area contributed by atoms with Crippen molar-refractivity contribution in [3.8, 4) is 11.3 Å². The summed E-state index contributed by atoms with van der Waals surface area (Å²) < 4.78 is 39.4. The number of pyridine rings is 1. The Morgan fingerprint density at radius 1 is 0.985 bits per heavy atom. The molecule has 5 aliphatic rings. The van der Waals surface area contributed by atoms with Crippen molar-refractivity contribution >= 4 is 58.0 Å². The summed E-state index contributed by atoms with van der Waals surface area (Å²) >= 11 is 6.57. The van der Waals surface area contributed by atoms with Gasteiger partial charge >= 0.3 is 6.03 Å². The molecule has 2 aromatic carbocycles. The van der Waals surface area contributed by atoms with E-state index in [0.717, 1.165) is 65.9 Å². The van der Waals surface area contributed by atoms with Crippen LogP contribution in [0.1, 0.15) is 69.6 Å². The second-order valence-corrected chi connectivity index (χ2v) is 18.4. The van der Waals surface area contributed by atoms with Crippen LogP contribution >= 0.6 is 11.6 Å². The molecule has 0 radical (unpaired) electrons. The number of carbonyl (C=O) groups excluding carboxylic acids is 3. The molecule has 15 nitrogen and oxygen atoms in total. The molecule has 0 unspecified atom stereocenters. The first-order valence-corrected chi connectivity index (χ1v) is 22.7. The Labute approximate surface area is 380 Å². The quantitative estimate of drug-likeness (QED) is 0.138. The molecule has 2 atom stereocenters. The Kier molecular flexibility index (Phi) is 11.1. The summed E-state index contributed by atoms with van der Waals surface area (Å²) in [5.41, 5.74) is 6.55. The van der Waals surface area contributed by atoms with E-state index in [1.54, 1.807) is 36.9 Å². The van der Waals surface area contributed by atoms with Crippen molar-refractivity contribution in [1.29, 1.82) is 0 Å². The van der Waals surface area contributed by atoms with Crippen LogP contribution in [0.15, 0.2) is 60.9 Å². The molecule has 4 amide bonds. The standard InChI is InChI=1S/C47H52ClF2N11O4/c1-28-19-30(20-37(41(28)48)60-16-6-15-52-45(60)64)44(63)58-18-14-46(47(49,50)27-58)25-57(26-46)24-29-11-12-33(53-22-29)31-7-4-9-36-32(31)13-17-59(36)40-21-35(51-2)42-54-23-38(61(42)56-40)43(62)55-34-8-5-10-39(34)65-3/h4,7,9,11-12,19-23,34,39,51H,5-6,8,10,13-18,24-27H2,1-3H3,(H,52,64)(H,55,62)/t34-,39-/m1/s1. The zero-order valence-electron chi connectivity index (χ0n) is 36.7. The predicted octanol–water partition coefficient (Wildman–Crippen LogP) is 6.69. The van der Waals surface area contributed by atoms with Gasteiger partial charge in [0.2, 0.25) is 0 Å². The predicted molar refractivity (Wildman–Crippen MR) is 244 cm³/mol.